The summed E-state index contributed by atoms with van der Waals surface area (Å²) in [6, 6.07) is 4.65. The molecule has 0 amide bonds. The number of anilines is 1. The van der Waals surface area contributed by atoms with E-state index in [2.05, 4.69) is 15.0 Å². The molecule has 1 fully saturated rings. The van der Waals surface area contributed by atoms with Crippen molar-refractivity contribution in [2.75, 3.05) is 19.4 Å². The molecule has 0 aliphatic heterocycles. The predicted octanol–water partition coefficient (Wildman–Crippen LogP) is 3.48. The zero-order valence-electron chi connectivity index (χ0n) is 13.2. The second-order valence-corrected chi connectivity index (χ2v) is 5.94. The highest BCUT2D eigenvalue weighted by atomic mass is 19.3. The first-order valence-electron chi connectivity index (χ1n) is 7.53. The molecular weight excluding hydrogens is 308 g/mol. The summed E-state index contributed by atoms with van der Waals surface area (Å²) in [4.78, 5) is 12.3. The van der Waals surface area contributed by atoms with Gasteiger partial charge in [-0.1, -0.05) is 0 Å². The van der Waals surface area contributed by atoms with E-state index in [1.165, 1.54) is 18.2 Å². The van der Waals surface area contributed by atoms with Gasteiger partial charge in [-0.15, -0.1) is 0 Å². The number of rotatable bonds is 6. The van der Waals surface area contributed by atoms with Crippen molar-refractivity contribution in [2.24, 2.45) is 0 Å². The summed E-state index contributed by atoms with van der Waals surface area (Å²) in [6.07, 6.45) is 4.13. The van der Waals surface area contributed by atoms with Crippen LogP contribution in [0.2, 0.25) is 0 Å². The summed E-state index contributed by atoms with van der Waals surface area (Å²) in [5.74, 6) is -0.421. The number of hydrogen-bond donors (Lipinski definition) is 1. The fourth-order valence-electron chi connectivity index (χ4n) is 2.94. The Morgan fingerprint density at radius 3 is 2.74 bits per heavy atom. The smallest absolute Gasteiger partial charge is 0.387 e. The Hall–Kier alpha value is -1.96. The summed E-state index contributed by atoms with van der Waals surface area (Å²) >= 11 is 0. The minimum absolute atomic E-state index is 0.206. The van der Waals surface area contributed by atoms with Gasteiger partial charge in [-0.25, -0.2) is 0 Å². The Balaban J connectivity index is 2.12. The monoisotopic (exact) mass is 329 g/mol. The average molecular weight is 329 g/mol. The maximum absolute atomic E-state index is 12.4. The Kier molecular flexibility index (Phi) is 5.70. The number of nitro groups is 1. The Bertz CT molecular complexity index is 555. The van der Waals surface area contributed by atoms with Crippen LogP contribution >= 0.6 is 0 Å². The van der Waals surface area contributed by atoms with Crippen LogP contribution in [0.4, 0.5) is 20.2 Å². The van der Waals surface area contributed by atoms with E-state index in [1.807, 2.05) is 14.1 Å². The van der Waals surface area contributed by atoms with Gasteiger partial charge in [0.05, 0.1) is 4.92 Å². The molecule has 8 heteroatoms. The zero-order valence-corrected chi connectivity index (χ0v) is 13.2. The molecule has 1 aromatic carbocycles. The van der Waals surface area contributed by atoms with Gasteiger partial charge in [0, 0.05) is 29.9 Å². The van der Waals surface area contributed by atoms with Gasteiger partial charge < -0.3 is 15.0 Å². The number of halogens is 2. The average Bonchev–Trinajstić information content (AvgIpc) is 2.46. The van der Waals surface area contributed by atoms with Crippen molar-refractivity contribution in [2.45, 2.75) is 44.4 Å². The lowest BCUT2D eigenvalue weighted by Gasteiger charge is -2.34. The first-order valence-corrected chi connectivity index (χ1v) is 7.53. The Labute approximate surface area is 133 Å². The first kappa shape index (κ1) is 17.4. The third-order valence-electron chi connectivity index (χ3n) is 4.12. The molecular formula is C15H21F2N3O3. The van der Waals surface area contributed by atoms with Crippen LogP contribution in [0.25, 0.3) is 0 Å². The maximum Gasteiger partial charge on any atom is 0.387 e. The number of nitro benzene ring substituents is 1. The number of ether oxygens (including phenoxy) is 1. The topological polar surface area (TPSA) is 67.6 Å². The molecule has 128 valence electrons. The van der Waals surface area contributed by atoms with E-state index in [4.69, 9.17) is 0 Å². The number of nitrogens with one attached hydrogen (secondary N) is 1. The molecule has 0 bridgehead atoms. The van der Waals surface area contributed by atoms with E-state index in [0.29, 0.717) is 11.7 Å². The van der Waals surface area contributed by atoms with Gasteiger partial charge in [0.2, 0.25) is 5.75 Å². The lowest BCUT2D eigenvalue weighted by atomic mass is 9.90. The third kappa shape index (κ3) is 4.75. The van der Waals surface area contributed by atoms with Crippen LogP contribution in [-0.2, 0) is 0 Å². The molecule has 0 radical (unpaired) electrons. The van der Waals surface area contributed by atoms with Crippen LogP contribution in [0.1, 0.15) is 25.7 Å². The standard InChI is InChI=1S/C15H21F2N3O3/c1-19(2)12-5-3-4-10(8-12)18-11-6-7-13(20(21)22)14(9-11)23-15(16)17/h6-7,9-10,12,15,18H,3-5,8H2,1-2H3. The van der Waals surface area contributed by atoms with Gasteiger partial charge in [-0.3, -0.25) is 10.1 Å². The molecule has 2 unspecified atom stereocenters. The summed E-state index contributed by atoms with van der Waals surface area (Å²) in [5, 5.41) is 14.1. The summed E-state index contributed by atoms with van der Waals surface area (Å²) in [7, 11) is 4.07. The van der Waals surface area contributed by atoms with Gasteiger partial charge in [-0.05, 0) is 45.8 Å². The van der Waals surface area contributed by atoms with E-state index in [9.17, 15) is 18.9 Å². The second-order valence-electron chi connectivity index (χ2n) is 5.94. The van der Waals surface area contributed by atoms with Crippen molar-refractivity contribution in [3.63, 3.8) is 0 Å². The molecule has 6 nitrogen and oxygen atoms in total. The van der Waals surface area contributed by atoms with E-state index >= 15 is 0 Å². The van der Waals surface area contributed by atoms with Crippen LogP contribution in [-0.4, -0.2) is 42.6 Å². The number of hydrogen-bond acceptors (Lipinski definition) is 5. The molecule has 1 aliphatic rings. The Morgan fingerprint density at radius 1 is 1.39 bits per heavy atom. The molecule has 2 atom stereocenters. The van der Waals surface area contributed by atoms with E-state index in [0.717, 1.165) is 25.7 Å². The molecule has 1 saturated carbocycles. The van der Waals surface area contributed by atoms with Crippen LogP contribution in [0.15, 0.2) is 18.2 Å². The summed E-state index contributed by atoms with van der Waals surface area (Å²) in [5.41, 5.74) is 0.0846. The summed E-state index contributed by atoms with van der Waals surface area (Å²) in [6.45, 7) is -3.10. The third-order valence-corrected chi connectivity index (χ3v) is 4.12. The fourth-order valence-corrected chi connectivity index (χ4v) is 2.94. The number of alkyl halides is 2. The van der Waals surface area contributed by atoms with Crippen molar-refractivity contribution in [1.82, 2.24) is 4.90 Å². The number of nitrogens with zero attached hydrogens (tertiary/aromatic N) is 2. The van der Waals surface area contributed by atoms with Crippen molar-refractivity contribution >= 4 is 11.4 Å². The van der Waals surface area contributed by atoms with Gasteiger partial charge in [-0.2, -0.15) is 8.78 Å². The van der Waals surface area contributed by atoms with Gasteiger partial charge in [0.1, 0.15) is 0 Å². The largest absolute Gasteiger partial charge is 0.427 e. The molecule has 1 aromatic rings. The van der Waals surface area contributed by atoms with Crippen molar-refractivity contribution < 1.29 is 18.4 Å². The highest BCUT2D eigenvalue weighted by molar-refractivity contribution is 5.58. The molecule has 0 aromatic heterocycles. The van der Waals surface area contributed by atoms with Crippen LogP contribution in [0, 0.1) is 10.1 Å². The van der Waals surface area contributed by atoms with Crippen LogP contribution in [0.3, 0.4) is 0 Å². The van der Waals surface area contributed by atoms with E-state index in [-0.39, 0.29) is 6.04 Å². The quantitative estimate of drug-likeness (QED) is 0.639. The minimum Gasteiger partial charge on any atom is -0.427 e. The minimum atomic E-state index is -3.10. The lowest BCUT2D eigenvalue weighted by Crippen LogP contribution is -2.38. The molecule has 1 aliphatic carbocycles. The van der Waals surface area contributed by atoms with Crippen molar-refractivity contribution in [3.8, 4) is 5.75 Å². The van der Waals surface area contributed by atoms with Gasteiger partial charge in [0.15, 0.2) is 0 Å². The molecule has 0 spiro atoms. The van der Waals surface area contributed by atoms with Gasteiger partial charge >= 0.3 is 12.3 Å². The fraction of sp³-hybridized carbons (Fsp3) is 0.600. The van der Waals surface area contributed by atoms with E-state index < -0.39 is 23.0 Å². The molecule has 0 saturated heterocycles. The summed E-state index contributed by atoms with van der Waals surface area (Å²) < 4.78 is 29.1. The normalized spacial score (nSPS) is 21.5. The van der Waals surface area contributed by atoms with Gasteiger partial charge in [0.25, 0.3) is 0 Å². The van der Waals surface area contributed by atoms with Crippen LogP contribution < -0.4 is 10.1 Å². The number of benzene rings is 1. The highest BCUT2D eigenvalue weighted by Gasteiger charge is 2.24. The molecule has 1 N–H and O–H groups in total. The SMILES string of the molecule is CN(C)C1CCCC(Nc2ccc([N+](=O)[O-])c(OC(F)F)c2)C1. The maximum atomic E-state index is 12.4. The first-order chi connectivity index (χ1) is 10.9. The molecule has 2 rings (SSSR count). The molecule has 23 heavy (non-hydrogen) atoms. The second kappa shape index (κ2) is 7.54. The van der Waals surface area contributed by atoms with Crippen LogP contribution in [0.5, 0.6) is 5.75 Å². The Morgan fingerprint density at radius 2 is 2.13 bits per heavy atom. The highest BCUT2D eigenvalue weighted by Crippen LogP contribution is 2.33. The zero-order chi connectivity index (χ0) is 17.0. The van der Waals surface area contributed by atoms with Crippen molar-refractivity contribution in [3.05, 3.63) is 28.3 Å². The van der Waals surface area contributed by atoms with E-state index in [1.54, 1.807) is 0 Å². The molecule has 0 heterocycles. The predicted molar refractivity (Wildman–Crippen MR) is 83.1 cm³/mol. The lowest BCUT2D eigenvalue weighted by molar-refractivity contribution is -0.386. The van der Waals surface area contributed by atoms with Crippen molar-refractivity contribution in [1.29, 1.82) is 0 Å².